The number of rotatable bonds is 8. The van der Waals surface area contributed by atoms with Crippen LogP contribution in [0.2, 0.25) is 17.3 Å². The maximum atomic E-state index is 6.65. The van der Waals surface area contributed by atoms with Gasteiger partial charge in [0.2, 0.25) is 5.71 Å². The fraction of sp³-hybridized carbons (Fsp3) is 0.186. The predicted molar refractivity (Wildman–Crippen MR) is 278 cm³/mol. The van der Waals surface area contributed by atoms with Gasteiger partial charge in [-0.25, -0.2) is 4.98 Å². The van der Waals surface area contributed by atoms with Crippen LogP contribution < -0.4 is 4.40 Å². The Balaban J connectivity index is 0.000000226. The molecule has 335 valence electrons. The number of fused-ring (bicyclic) bond motifs is 7. The summed E-state index contributed by atoms with van der Waals surface area (Å²) in [6, 6.07) is 55.1. The van der Waals surface area contributed by atoms with E-state index in [0.717, 1.165) is 73.5 Å². The topological polar surface area (TPSA) is 69.6 Å². The Kier molecular flexibility index (Phi) is 12.9. The average Bonchev–Trinajstić information content (AvgIpc) is 3.90. The molecule has 6 aromatic carbocycles. The third kappa shape index (κ3) is 8.65. The standard InChI is InChI=1S/C41H29N4O.C18H24GeN.Ir/c1-24(2)35-29-17-9-7-15-27(29)28-16-8-10-18-30(28)38(35)45-34-20-12-11-19-32(34)43-40(45)31-21-22-42-37-36-25(3)23-33(26-13-5-4-6-14-26)44-41(36)46-39(31)37;1-14(2)11-16-12-18(15-9-7-6-8-10-15)20-13-17(16)19(3,4)5;/h4-20,22-24H,1-3H3;6-9,12-14H,11H2,1-5H3;/q2*-1;. The number of para-hydroxylation sites is 2. The van der Waals surface area contributed by atoms with Crippen LogP contribution >= 0.6 is 0 Å². The molecule has 5 aromatic heterocycles. The molecule has 1 radical (unpaired) electrons. The van der Waals surface area contributed by atoms with Gasteiger partial charge in [0.15, 0.2) is 0 Å². The number of imidazole rings is 1. The summed E-state index contributed by atoms with van der Waals surface area (Å²) in [7, 11) is 0. The van der Waals surface area contributed by atoms with Crippen LogP contribution in [0.25, 0.3) is 94.4 Å². The first-order valence-corrected chi connectivity index (χ1v) is 30.3. The molecule has 0 atom stereocenters. The third-order valence-electron chi connectivity index (χ3n) is 12.5. The van der Waals surface area contributed by atoms with Gasteiger partial charge in [0.1, 0.15) is 0 Å². The minimum atomic E-state index is -1.86. The van der Waals surface area contributed by atoms with E-state index in [-0.39, 0.29) is 26.0 Å². The molecule has 0 spiro atoms. The van der Waals surface area contributed by atoms with Gasteiger partial charge in [0.25, 0.3) is 0 Å². The molecule has 8 heteroatoms. The smallest absolute Gasteiger partial charge is 0.216 e. The number of hydrogen-bond acceptors (Lipinski definition) is 5. The number of benzene rings is 6. The fourth-order valence-corrected chi connectivity index (χ4v) is 12.9. The van der Waals surface area contributed by atoms with Gasteiger partial charge in [0.05, 0.1) is 33.2 Å². The van der Waals surface area contributed by atoms with Crippen molar-refractivity contribution < 1.29 is 24.5 Å². The van der Waals surface area contributed by atoms with Crippen LogP contribution in [0.5, 0.6) is 0 Å². The molecule has 0 amide bonds. The minimum Gasteiger partial charge on any atom is -0.499 e. The van der Waals surface area contributed by atoms with Crippen LogP contribution in [0.4, 0.5) is 0 Å². The van der Waals surface area contributed by atoms with Gasteiger partial charge < -0.3 is 8.98 Å². The molecular formula is C59H53GeIrN5O-2. The van der Waals surface area contributed by atoms with Crippen LogP contribution in [-0.4, -0.2) is 37.8 Å². The summed E-state index contributed by atoms with van der Waals surface area (Å²) in [5.41, 5.74) is 13.6. The van der Waals surface area contributed by atoms with Crippen molar-refractivity contribution in [2.45, 2.75) is 64.2 Å². The van der Waals surface area contributed by atoms with E-state index in [2.05, 4.69) is 172 Å². The molecule has 0 aliphatic rings. The molecule has 0 aliphatic carbocycles. The van der Waals surface area contributed by atoms with Crippen molar-refractivity contribution in [3.8, 4) is 39.6 Å². The Morgan fingerprint density at radius 1 is 0.687 bits per heavy atom. The van der Waals surface area contributed by atoms with Gasteiger partial charge in [-0.1, -0.05) is 105 Å². The molecule has 11 aromatic rings. The third-order valence-corrected chi connectivity index (χ3v) is 16.8. The van der Waals surface area contributed by atoms with E-state index in [9.17, 15) is 0 Å². The summed E-state index contributed by atoms with van der Waals surface area (Å²) in [6.45, 7) is 11.2. The number of aromatic nitrogens is 5. The summed E-state index contributed by atoms with van der Waals surface area (Å²) in [6.07, 6.45) is 5.01. The van der Waals surface area contributed by atoms with Crippen LogP contribution in [0.15, 0.2) is 156 Å². The van der Waals surface area contributed by atoms with Crippen LogP contribution in [0, 0.1) is 25.0 Å². The maximum absolute atomic E-state index is 6.65. The van der Waals surface area contributed by atoms with E-state index in [1.165, 1.54) is 32.7 Å². The summed E-state index contributed by atoms with van der Waals surface area (Å²) in [4.78, 5) is 19.7. The molecule has 67 heavy (non-hydrogen) atoms. The van der Waals surface area contributed by atoms with E-state index in [4.69, 9.17) is 24.4 Å². The predicted octanol–water partition coefficient (Wildman–Crippen LogP) is 14.9. The number of aryl methyl sites for hydroxylation is 1. The molecule has 11 rings (SSSR count). The van der Waals surface area contributed by atoms with Crippen molar-refractivity contribution in [2.24, 2.45) is 5.92 Å². The molecule has 0 unspecified atom stereocenters. The first kappa shape index (κ1) is 45.9. The number of hydrogen-bond donors (Lipinski definition) is 0. The van der Waals surface area contributed by atoms with Gasteiger partial charge in [-0.2, -0.15) is 0 Å². The Hall–Kier alpha value is -6.25. The minimum absolute atomic E-state index is 0. The van der Waals surface area contributed by atoms with E-state index in [0.29, 0.717) is 17.2 Å². The molecule has 0 N–H and O–H groups in total. The van der Waals surface area contributed by atoms with E-state index < -0.39 is 13.3 Å². The van der Waals surface area contributed by atoms with Gasteiger partial charge in [0, 0.05) is 42.6 Å². The van der Waals surface area contributed by atoms with Gasteiger partial charge >= 0.3 is 126 Å². The summed E-state index contributed by atoms with van der Waals surface area (Å²) in [5, 5.41) is 5.79. The Bertz CT molecular complexity index is 3570. The SMILES string of the molecule is CC(C)Cc1cc(-c2[c-]cccc2)nc[c]1[Ge]([CH3])([CH3])[CH3].Cc1cc(-c2ccccc2)nc2oc3c(-c4nc5ccccc5n4-c4c(C(C)C)c5ccccc5c5ccccc45)[c-]cnc3c12.[Ir]. The van der Waals surface area contributed by atoms with Gasteiger partial charge in [-0.05, 0) is 64.5 Å². The molecule has 0 bridgehead atoms. The molecule has 6 nitrogen and oxygen atoms in total. The number of nitrogens with zero attached hydrogens (tertiary/aromatic N) is 5. The molecule has 0 aliphatic heterocycles. The number of pyridine rings is 3. The van der Waals surface area contributed by atoms with Crippen LogP contribution in [0.3, 0.4) is 0 Å². The Labute approximate surface area is 409 Å². The van der Waals surface area contributed by atoms with Crippen LogP contribution in [0.1, 0.15) is 50.3 Å². The normalized spacial score (nSPS) is 11.8. The first-order chi connectivity index (χ1) is 32.0. The molecule has 0 saturated heterocycles. The molecular weight excluding hydrogens is 1060 g/mol. The van der Waals surface area contributed by atoms with Crippen molar-refractivity contribution in [3.05, 3.63) is 181 Å². The largest absolute Gasteiger partial charge is 0.499 e. The summed E-state index contributed by atoms with van der Waals surface area (Å²) < 4.78 is 10.5. The zero-order valence-electron chi connectivity index (χ0n) is 39.3. The zero-order chi connectivity index (χ0) is 45.7. The van der Waals surface area contributed by atoms with Crippen molar-refractivity contribution >= 4 is 72.4 Å². The molecule has 0 fully saturated rings. The van der Waals surface area contributed by atoms with E-state index in [1.807, 2.05) is 42.5 Å². The van der Waals surface area contributed by atoms with Crippen LogP contribution in [-0.2, 0) is 26.5 Å². The van der Waals surface area contributed by atoms with E-state index >= 15 is 0 Å². The Morgan fingerprint density at radius 2 is 1.36 bits per heavy atom. The van der Waals surface area contributed by atoms with Crippen molar-refractivity contribution in [1.29, 1.82) is 0 Å². The second kappa shape index (κ2) is 18.8. The second-order valence-corrected chi connectivity index (χ2v) is 29.6. The number of furan rings is 1. The first-order valence-electron chi connectivity index (χ1n) is 23.0. The molecule has 5 heterocycles. The van der Waals surface area contributed by atoms with Crippen molar-refractivity contribution in [3.63, 3.8) is 0 Å². The maximum Gasteiger partial charge on any atom is 0.216 e. The van der Waals surface area contributed by atoms with Gasteiger partial charge in [-0.15, -0.1) is 11.6 Å². The van der Waals surface area contributed by atoms with Crippen molar-refractivity contribution in [2.75, 3.05) is 0 Å². The monoisotopic (exact) mass is 1110 g/mol. The molecule has 0 saturated carbocycles. The fourth-order valence-electron chi connectivity index (χ4n) is 9.58. The second-order valence-electron chi connectivity index (χ2n) is 19.0. The van der Waals surface area contributed by atoms with Crippen molar-refractivity contribution in [1.82, 2.24) is 24.5 Å². The quantitative estimate of drug-likeness (QED) is 0.0861. The van der Waals surface area contributed by atoms with E-state index in [1.54, 1.807) is 10.6 Å². The van der Waals surface area contributed by atoms with Gasteiger partial charge in [-0.3, -0.25) is 9.97 Å². The summed E-state index contributed by atoms with van der Waals surface area (Å²) >= 11 is -1.86. The Morgan fingerprint density at radius 3 is 2.06 bits per heavy atom. The zero-order valence-corrected chi connectivity index (χ0v) is 43.8. The summed E-state index contributed by atoms with van der Waals surface area (Å²) in [5.74, 6) is 9.00. The average molecular weight is 1110 g/mol.